The molecule has 148 valence electrons. The van der Waals surface area contributed by atoms with Gasteiger partial charge in [-0.15, -0.1) is 6.58 Å². The molecule has 0 unspecified atom stereocenters. The monoisotopic (exact) mass is 393 g/mol. The fourth-order valence-corrected chi connectivity index (χ4v) is 4.12. The van der Waals surface area contributed by atoms with Gasteiger partial charge < -0.3 is 10.2 Å². The van der Waals surface area contributed by atoms with Gasteiger partial charge in [-0.2, -0.15) is 0 Å². The molecule has 0 spiro atoms. The first-order chi connectivity index (χ1) is 14.0. The molecule has 3 amide bonds. The Labute approximate surface area is 167 Å². The number of benzene rings is 2. The minimum Gasteiger partial charge on any atom is -0.348 e. The second-order valence-corrected chi connectivity index (χ2v) is 7.04. The Morgan fingerprint density at radius 2 is 1.90 bits per heavy atom. The number of amides is 3. The summed E-state index contributed by atoms with van der Waals surface area (Å²) in [4.78, 5) is 42.2. The molecule has 2 heterocycles. The minimum absolute atomic E-state index is 0.0486. The Morgan fingerprint density at radius 1 is 1.17 bits per heavy atom. The molecule has 0 aliphatic carbocycles. The maximum Gasteiger partial charge on any atom is 0.267 e. The quantitative estimate of drug-likeness (QED) is 0.794. The number of carbonyl (C=O) groups is 3. The van der Waals surface area contributed by atoms with E-state index in [0.717, 1.165) is 0 Å². The van der Waals surface area contributed by atoms with Crippen molar-refractivity contribution >= 4 is 23.4 Å². The predicted molar refractivity (Wildman–Crippen MR) is 105 cm³/mol. The SMILES string of the molecule is C=CCN1C(=O)c2ccccc2N2C(=O)CC[C@]12C(=O)NCc1ccccc1F. The number of fused-ring (bicyclic) bond motifs is 3. The second kappa shape index (κ2) is 7.16. The molecule has 0 saturated carbocycles. The third-order valence-electron chi connectivity index (χ3n) is 5.45. The number of hydrogen-bond donors (Lipinski definition) is 1. The van der Waals surface area contributed by atoms with Gasteiger partial charge >= 0.3 is 0 Å². The highest BCUT2D eigenvalue weighted by atomic mass is 19.1. The first kappa shape index (κ1) is 18.9. The van der Waals surface area contributed by atoms with Gasteiger partial charge in [0, 0.05) is 31.5 Å². The standard InChI is InChI=1S/C22H20FN3O3/c1-2-13-25-20(28)16-8-4-6-10-18(16)26-19(27)11-12-22(25,26)21(29)24-14-15-7-3-5-9-17(15)23/h2-10H,1,11-14H2,(H,24,29)/t22-/m0/s1. The van der Waals surface area contributed by atoms with Crippen LogP contribution in [0.25, 0.3) is 0 Å². The summed E-state index contributed by atoms with van der Waals surface area (Å²) in [6, 6.07) is 12.9. The average molecular weight is 393 g/mol. The summed E-state index contributed by atoms with van der Waals surface area (Å²) in [5.41, 5.74) is -0.392. The topological polar surface area (TPSA) is 69.7 Å². The van der Waals surface area contributed by atoms with Gasteiger partial charge in [-0.1, -0.05) is 36.4 Å². The van der Waals surface area contributed by atoms with Crippen LogP contribution in [-0.2, 0) is 16.1 Å². The molecule has 1 fully saturated rings. The van der Waals surface area contributed by atoms with Gasteiger partial charge in [-0.25, -0.2) is 4.39 Å². The lowest BCUT2D eigenvalue weighted by atomic mass is 9.95. The number of anilines is 1. The van der Waals surface area contributed by atoms with Gasteiger partial charge in [-0.05, 0) is 18.2 Å². The number of carbonyl (C=O) groups excluding carboxylic acids is 3. The summed E-state index contributed by atoms with van der Waals surface area (Å²) in [6.45, 7) is 3.75. The van der Waals surface area contributed by atoms with Gasteiger partial charge in [0.25, 0.3) is 11.8 Å². The largest absolute Gasteiger partial charge is 0.348 e. The van der Waals surface area contributed by atoms with Gasteiger partial charge in [0.2, 0.25) is 11.6 Å². The van der Waals surface area contributed by atoms with E-state index in [4.69, 9.17) is 0 Å². The van der Waals surface area contributed by atoms with Gasteiger partial charge in [-0.3, -0.25) is 19.3 Å². The maximum absolute atomic E-state index is 14.0. The molecule has 2 aromatic rings. The van der Waals surface area contributed by atoms with Crippen LogP contribution in [0.1, 0.15) is 28.8 Å². The Bertz CT molecular complexity index is 1020. The molecule has 6 nitrogen and oxygen atoms in total. The highest BCUT2D eigenvalue weighted by Gasteiger charge is 2.60. The molecule has 0 radical (unpaired) electrons. The molecular formula is C22H20FN3O3. The Morgan fingerprint density at radius 3 is 2.66 bits per heavy atom. The zero-order chi connectivity index (χ0) is 20.6. The molecular weight excluding hydrogens is 373 g/mol. The lowest BCUT2D eigenvalue weighted by Crippen LogP contribution is -2.70. The Kier molecular flexibility index (Phi) is 4.66. The molecule has 4 rings (SSSR count). The van der Waals surface area contributed by atoms with Crippen LogP contribution in [-0.4, -0.2) is 34.8 Å². The van der Waals surface area contributed by atoms with E-state index in [-0.39, 0.29) is 37.7 Å². The first-order valence-electron chi connectivity index (χ1n) is 9.37. The van der Waals surface area contributed by atoms with Crippen molar-refractivity contribution in [1.29, 1.82) is 0 Å². The molecule has 2 aromatic carbocycles. The molecule has 0 aromatic heterocycles. The molecule has 1 N–H and O–H groups in total. The lowest BCUT2D eigenvalue weighted by Gasteiger charge is -2.48. The zero-order valence-corrected chi connectivity index (χ0v) is 15.7. The molecule has 1 atom stereocenters. The predicted octanol–water partition coefficient (Wildman–Crippen LogP) is 2.61. The smallest absolute Gasteiger partial charge is 0.267 e. The number of hydrogen-bond acceptors (Lipinski definition) is 3. The molecule has 7 heteroatoms. The van der Waals surface area contributed by atoms with Gasteiger partial charge in [0.05, 0.1) is 11.3 Å². The van der Waals surface area contributed by atoms with Crippen molar-refractivity contribution in [2.24, 2.45) is 0 Å². The maximum atomic E-state index is 14.0. The highest BCUT2D eigenvalue weighted by Crippen LogP contribution is 2.44. The van der Waals surface area contributed by atoms with E-state index in [1.165, 1.54) is 21.9 Å². The Balaban J connectivity index is 1.76. The summed E-state index contributed by atoms with van der Waals surface area (Å²) < 4.78 is 14.0. The van der Waals surface area contributed by atoms with Crippen molar-refractivity contribution in [3.05, 3.63) is 78.1 Å². The van der Waals surface area contributed by atoms with Crippen LogP contribution in [0.4, 0.5) is 10.1 Å². The molecule has 29 heavy (non-hydrogen) atoms. The summed E-state index contributed by atoms with van der Waals surface area (Å²) in [5.74, 6) is -1.53. The van der Waals surface area contributed by atoms with E-state index in [1.54, 1.807) is 42.5 Å². The minimum atomic E-state index is -1.50. The summed E-state index contributed by atoms with van der Waals surface area (Å²) >= 11 is 0. The number of nitrogens with one attached hydrogen (secondary N) is 1. The third kappa shape index (κ3) is 2.81. The summed E-state index contributed by atoms with van der Waals surface area (Å²) in [6.07, 6.45) is 1.81. The van der Waals surface area contributed by atoms with E-state index in [9.17, 15) is 18.8 Å². The van der Waals surface area contributed by atoms with Crippen molar-refractivity contribution in [2.75, 3.05) is 11.4 Å². The van der Waals surface area contributed by atoms with Crippen LogP contribution in [0.5, 0.6) is 0 Å². The lowest BCUT2D eigenvalue weighted by molar-refractivity contribution is -0.133. The van der Waals surface area contributed by atoms with Crippen molar-refractivity contribution in [3.63, 3.8) is 0 Å². The van der Waals surface area contributed by atoms with Crippen LogP contribution < -0.4 is 10.2 Å². The third-order valence-corrected chi connectivity index (χ3v) is 5.45. The zero-order valence-electron chi connectivity index (χ0n) is 15.7. The number of halogens is 1. The van der Waals surface area contributed by atoms with Crippen LogP contribution >= 0.6 is 0 Å². The van der Waals surface area contributed by atoms with Crippen LogP contribution in [0.15, 0.2) is 61.2 Å². The summed E-state index contributed by atoms with van der Waals surface area (Å²) in [5, 5.41) is 2.73. The normalized spacial score (nSPS) is 20.3. The van der Waals surface area contributed by atoms with E-state index in [2.05, 4.69) is 11.9 Å². The number of nitrogens with zero attached hydrogens (tertiary/aromatic N) is 2. The van der Waals surface area contributed by atoms with E-state index in [0.29, 0.717) is 16.8 Å². The molecule has 2 aliphatic heterocycles. The molecule has 0 bridgehead atoms. The van der Waals surface area contributed by atoms with Crippen LogP contribution in [0.3, 0.4) is 0 Å². The van der Waals surface area contributed by atoms with Crippen LogP contribution in [0.2, 0.25) is 0 Å². The Hall–Kier alpha value is -3.48. The van der Waals surface area contributed by atoms with E-state index < -0.39 is 17.4 Å². The van der Waals surface area contributed by atoms with Gasteiger partial charge in [0.1, 0.15) is 5.82 Å². The molecule has 1 saturated heterocycles. The fraction of sp³-hybridized carbons (Fsp3) is 0.227. The van der Waals surface area contributed by atoms with Crippen molar-refractivity contribution in [1.82, 2.24) is 10.2 Å². The first-order valence-corrected chi connectivity index (χ1v) is 9.37. The van der Waals surface area contributed by atoms with Gasteiger partial charge in [0.15, 0.2) is 0 Å². The van der Waals surface area contributed by atoms with Crippen molar-refractivity contribution in [3.8, 4) is 0 Å². The van der Waals surface area contributed by atoms with E-state index in [1.807, 2.05) is 0 Å². The number of para-hydroxylation sites is 1. The number of rotatable bonds is 5. The van der Waals surface area contributed by atoms with Crippen molar-refractivity contribution < 1.29 is 18.8 Å². The molecule has 2 aliphatic rings. The second-order valence-electron chi connectivity index (χ2n) is 7.04. The average Bonchev–Trinajstić information content (AvgIpc) is 3.08. The van der Waals surface area contributed by atoms with Crippen LogP contribution in [0, 0.1) is 5.82 Å². The fourth-order valence-electron chi connectivity index (χ4n) is 4.12. The summed E-state index contributed by atoms with van der Waals surface area (Å²) in [7, 11) is 0. The highest BCUT2D eigenvalue weighted by molar-refractivity contribution is 6.16. The van der Waals surface area contributed by atoms with Crippen molar-refractivity contribution in [2.45, 2.75) is 25.0 Å². The van der Waals surface area contributed by atoms with E-state index >= 15 is 0 Å².